The van der Waals surface area contributed by atoms with Crippen molar-refractivity contribution in [2.75, 3.05) is 36.2 Å². The average molecular weight is 408 g/mol. The van der Waals surface area contributed by atoms with Crippen molar-refractivity contribution < 1.29 is 14.3 Å². The summed E-state index contributed by atoms with van der Waals surface area (Å²) in [5.74, 6) is 3.31. The van der Waals surface area contributed by atoms with Gasteiger partial charge in [0.2, 0.25) is 5.91 Å². The van der Waals surface area contributed by atoms with Crippen molar-refractivity contribution in [2.24, 2.45) is 0 Å². The smallest absolute Gasteiger partial charge is 0.224 e. The minimum absolute atomic E-state index is 0.0900. The fourth-order valence-corrected chi connectivity index (χ4v) is 3.59. The molecule has 3 heterocycles. The molecule has 9 heteroatoms. The van der Waals surface area contributed by atoms with E-state index in [2.05, 4.69) is 33.2 Å². The highest BCUT2D eigenvalue weighted by atomic mass is 16.6. The Balaban J connectivity index is 1.56. The number of nitrogens with one attached hydrogen (secondary N) is 3. The van der Waals surface area contributed by atoms with Crippen molar-refractivity contribution in [3.05, 3.63) is 30.0 Å². The number of anilines is 4. The molecule has 1 fully saturated rings. The van der Waals surface area contributed by atoms with Gasteiger partial charge >= 0.3 is 0 Å². The highest BCUT2D eigenvalue weighted by Gasteiger charge is 2.28. The number of benzene rings is 1. The van der Waals surface area contributed by atoms with Crippen molar-refractivity contribution in [1.29, 1.82) is 0 Å². The molecule has 1 aliphatic heterocycles. The molecule has 2 aliphatic rings. The van der Waals surface area contributed by atoms with Crippen LogP contribution in [0.1, 0.15) is 37.7 Å². The summed E-state index contributed by atoms with van der Waals surface area (Å²) in [5, 5.41) is 13.7. The first kappa shape index (κ1) is 18.5. The molecule has 2 aromatic heterocycles. The van der Waals surface area contributed by atoms with Gasteiger partial charge in [-0.1, -0.05) is 6.92 Å². The predicted molar refractivity (Wildman–Crippen MR) is 114 cm³/mol. The number of fused-ring (bicyclic) bond motifs is 2. The molecule has 5 rings (SSSR count). The van der Waals surface area contributed by atoms with Crippen LogP contribution in [0, 0.1) is 0 Å². The van der Waals surface area contributed by atoms with Gasteiger partial charge in [0.25, 0.3) is 0 Å². The van der Waals surface area contributed by atoms with Crippen molar-refractivity contribution in [3.8, 4) is 11.5 Å². The second-order valence-electron chi connectivity index (χ2n) is 7.46. The van der Waals surface area contributed by atoms with Crippen LogP contribution in [0.2, 0.25) is 0 Å². The summed E-state index contributed by atoms with van der Waals surface area (Å²) < 4.78 is 13.4. The molecule has 0 unspecified atom stereocenters. The lowest BCUT2D eigenvalue weighted by Gasteiger charge is -2.23. The first-order valence-corrected chi connectivity index (χ1v) is 10.2. The minimum atomic E-state index is -0.0900. The first-order chi connectivity index (χ1) is 14.7. The Kier molecular flexibility index (Phi) is 4.57. The summed E-state index contributed by atoms with van der Waals surface area (Å²) in [6.45, 7) is 2.86. The predicted octanol–water partition coefficient (Wildman–Crippen LogP) is 3.51. The van der Waals surface area contributed by atoms with Gasteiger partial charge < -0.3 is 25.4 Å². The largest absolute Gasteiger partial charge is 0.486 e. The first-order valence-electron chi connectivity index (χ1n) is 10.2. The zero-order valence-electron chi connectivity index (χ0n) is 17.0. The Morgan fingerprint density at radius 2 is 2.03 bits per heavy atom. The van der Waals surface area contributed by atoms with Crippen LogP contribution in [-0.2, 0) is 4.79 Å². The van der Waals surface area contributed by atoms with Crippen molar-refractivity contribution in [2.45, 2.75) is 32.1 Å². The van der Waals surface area contributed by atoms with E-state index in [4.69, 9.17) is 14.5 Å². The van der Waals surface area contributed by atoms with Gasteiger partial charge in [0.15, 0.2) is 17.1 Å². The van der Waals surface area contributed by atoms with Gasteiger partial charge in [0.05, 0.1) is 11.9 Å². The van der Waals surface area contributed by atoms with E-state index in [0.29, 0.717) is 48.5 Å². The van der Waals surface area contributed by atoms with Gasteiger partial charge in [-0.2, -0.15) is 9.61 Å². The van der Waals surface area contributed by atoms with E-state index < -0.39 is 0 Å². The molecule has 156 valence electrons. The summed E-state index contributed by atoms with van der Waals surface area (Å²) in [4.78, 5) is 16.6. The number of aromatic nitrogens is 3. The number of ether oxygens (including phenoxy) is 2. The molecule has 30 heavy (non-hydrogen) atoms. The van der Waals surface area contributed by atoms with Gasteiger partial charge in [-0.3, -0.25) is 4.79 Å². The molecule has 3 N–H and O–H groups in total. The molecule has 0 bridgehead atoms. The standard InChI is InChI=1S/C21H24N6O3/c1-3-19(28)25-15-11-23-27-18(22-2)10-17(26-21(15)27)24-14-8-13(12-4-5-12)9-16-20(14)30-7-6-29-16/h8-12,22H,3-7H2,1-2H3,(H,24,26)(H,25,28). The highest BCUT2D eigenvalue weighted by Crippen LogP contribution is 2.47. The second kappa shape index (κ2) is 7.40. The van der Waals surface area contributed by atoms with Gasteiger partial charge in [-0.05, 0) is 36.5 Å². The minimum Gasteiger partial charge on any atom is -0.486 e. The Labute approximate surface area is 173 Å². The number of carbonyl (C=O) groups is 1. The molecule has 1 aromatic carbocycles. The number of amides is 1. The Morgan fingerprint density at radius 3 is 2.80 bits per heavy atom. The third-order valence-electron chi connectivity index (χ3n) is 5.30. The van der Waals surface area contributed by atoms with Gasteiger partial charge in [0.1, 0.15) is 30.5 Å². The molecular weight excluding hydrogens is 384 g/mol. The second-order valence-corrected chi connectivity index (χ2v) is 7.46. The molecule has 0 saturated heterocycles. The highest BCUT2D eigenvalue weighted by molar-refractivity contribution is 5.94. The average Bonchev–Trinajstić information content (AvgIpc) is 3.55. The lowest BCUT2D eigenvalue weighted by molar-refractivity contribution is -0.115. The van der Waals surface area contributed by atoms with E-state index in [1.807, 2.05) is 13.1 Å². The maximum atomic E-state index is 11.9. The fourth-order valence-electron chi connectivity index (χ4n) is 3.59. The third-order valence-corrected chi connectivity index (χ3v) is 5.30. The fraction of sp³-hybridized carbons (Fsp3) is 0.381. The Bertz CT molecular complexity index is 1120. The monoisotopic (exact) mass is 408 g/mol. The molecule has 3 aromatic rings. The summed E-state index contributed by atoms with van der Waals surface area (Å²) in [7, 11) is 1.82. The number of hydrogen-bond donors (Lipinski definition) is 3. The van der Waals surface area contributed by atoms with E-state index in [9.17, 15) is 4.79 Å². The van der Waals surface area contributed by atoms with Gasteiger partial charge in [0, 0.05) is 19.5 Å². The molecule has 1 aliphatic carbocycles. The zero-order chi connectivity index (χ0) is 20.7. The SMILES string of the molecule is CCC(=O)Nc1cnn2c(NC)cc(Nc3cc(C4CC4)cc4c3OCCO4)nc12. The van der Waals surface area contributed by atoms with E-state index in [1.165, 1.54) is 18.4 Å². The normalized spacial score (nSPS) is 15.1. The molecule has 0 spiro atoms. The number of rotatable bonds is 6. The molecule has 1 saturated carbocycles. The number of carbonyl (C=O) groups excluding carboxylic acids is 1. The van der Waals surface area contributed by atoms with Gasteiger partial charge in [-0.25, -0.2) is 4.98 Å². The van der Waals surface area contributed by atoms with Gasteiger partial charge in [-0.15, -0.1) is 0 Å². The van der Waals surface area contributed by atoms with E-state index in [-0.39, 0.29) is 5.91 Å². The van der Waals surface area contributed by atoms with Crippen molar-refractivity contribution in [1.82, 2.24) is 14.6 Å². The summed E-state index contributed by atoms with van der Waals surface area (Å²) in [5.41, 5.74) is 3.19. The third kappa shape index (κ3) is 3.36. The molecular formula is C21H24N6O3. The zero-order valence-corrected chi connectivity index (χ0v) is 17.0. The summed E-state index contributed by atoms with van der Waals surface area (Å²) >= 11 is 0. The number of nitrogens with zero attached hydrogens (tertiary/aromatic N) is 3. The van der Waals surface area contributed by atoms with Crippen LogP contribution in [0.4, 0.5) is 23.0 Å². The Morgan fingerprint density at radius 1 is 1.20 bits per heavy atom. The van der Waals surface area contributed by atoms with E-state index in [1.54, 1.807) is 17.6 Å². The molecule has 0 radical (unpaired) electrons. The maximum Gasteiger partial charge on any atom is 0.224 e. The Hall–Kier alpha value is -3.49. The maximum absolute atomic E-state index is 11.9. The molecule has 9 nitrogen and oxygen atoms in total. The van der Waals surface area contributed by atoms with Crippen molar-refractivity contribution in [3.63, 3.8) is 0 Å². The van der Waals surface area contributed by atoms with Crippen LogP contribution in [-0.4, -0.2) is 40.8 Å². The van der Waals surface area contributed by atoms with E-state index >= 15 is 0 Å². The van der Waals surface area contributed by atoms with Crippen LogP contribution < -0.4 is 25.4 Å². The van der Waals surface area contributed by atoms with Crippen LogP contribution in [0.5, 0.6) is 11.5 Å². The van der Waals surface area contributed by atoms with E-state index in [0.717, 1.165) is 17.3 Å². The van der Waals surface area contributed by atoms with Crippen LogP contribution in [0.3, 0.4) is 0 Å². The van der Waals surface area contributed by atoms with Crippen LogP contribution >= 0.6 is 0 Å². The topological polar surface area (TPSA) is 102 Å². The quantitative estimate of drug-likeness (QED) is 0.574. The lowest BCUT2D eigenvalue weighted by Crippen LogP contribution is -2.17. The summed E-state index contributed by atoms with van der Waals surface area (Å²) in [6, 6.07) is 6.07. The summed E-state index contributed by atoms with van der Waals surface area (Å²) in [6.07, 6.45) is 4.38. The lowest BCUT2D eigenvalue weighted by atomic mass is 10.1. The molecule has 0 atom stereocenters. The number of hydrogen-bond acceptors (Lipinski definition) is 7. The van der Waals surface area contributed by atoms with Crippen molar-refractivity contribution >= 4 is 34.6 Å². The van der Waals surface area contributed by atoms with Crippen LogP contribution in [0.25, 0.3) is 5.65 Å². The van der Waals surface area contributed by atoms with Crippen LogP contribution in [0.15, 0.2) is 24.4 Å². The molecule has 1 amide bonds.